The largest absolute Gasteiger partial charge is 0.494 e. The number of fused-ring (bicyclic) bond motifs is 1. The molecule has 0 unspecified atom stereocenters. The average Bonchev–Trinajstić information content (AvgIpc) is 3.27. The van der Waals surface area contributed by atoms with Crippen molar-refractivity contribution >= 4 is 29.2 Å². The number of unbranched alkanes of at least 4 members (excludes halogenated alkanes) is 1. The Morgan fingerprint density at radius 1 is 0.839 bits per heavy atom. The molecule has 0 bridgehead atoms. The van der Waals surface area contributed by atoms with E-state index < -0.39 is 5.97 Å². The minimum Gasteiger partial charge on any atom is -0.494 e. The van der Waals surface area contributed by atoms with E-state index in [0.717, 1.165) is 11.1 Å². The standard InChI is InChI=1S/C24H22N2O5/c1-14-5-7-15(8-6-14)21-19-20(24(30)25-21)22(26-23(19)29)16-9-11-17(12-10-16)31-13-3-2-4-18(27)28/h5-12H,2-4,13H2,1H3,(H,25,30)(H,26,29)(H,27,28). The highest BCUT2D eigenvalue weighted by molar-refractivity contribution is 6.30. The molecular weight excluding hydrogens is 396 g/mol. The number of amides is 2. The van der Waals surface area contributed by atoms with Crippen molar-refractivity contribution in [1.82, 2.24) is 10.6 Å². The van der Waals surface area contributed by atoms with Crippen LogP contribution in [0.5, 0.6) is 5.75 Å². The maximum Gasteiger partial charge on any atom is 0.303 e. The molecule has 0 aromatic heterocycles. The van der Waals surface area contributed by atoms with Crippen LogP contribution in [0.3, 0.4) is 0 Å². The summed E-state index contributed by atoms with van der Waals surface area (Å²) in [6, 6.07) is 14.7. The monoisotopic (exact) mass is 418 g/mol. The van der Waals surface area contributed by atoms with Gasteiger partial charge in [-0.2, -0.15) is 0 Å². The first-order valence-electron chi connectivity index (χ1n) is 10.1. The fourth-order valence-corrected chi connectivity index (χ4v) is 3.62. The van der Waals surface area contributed by atoms with E-state index in [9.17, 15) is 14.4 Å². The Balaban J connectivity index is 1.54. The Bertz CT molecular complexity index is 1110. The molecule has 0 saturated heterocycles. The summed E-state index contributed by atoms with van der Waals surface area (Å²) in [5.74, 6) is -0.788. The first-order valence-corrected chi connectivity index (χ1v) is 10.1. The van der Waals surface area contributed by atoms with Gasteiger partial charge in [0, 0.05) is 6.42 Å². The predicted molar refractivity (Wildman–Crippen MR) is 115 cm³/mol. The Labute approximate surface area is 179 Å². The van der Waals surface area contributed by atoms with E-state index in [0.29, 0.717) is 53.3 Å². The fraction of sp³-hybridized carbons (Fsp3) is 0.208. The van der Waals surface area contributed by atoms with E-state index >= 15 is 0 Å². The van der Waals surface area contributed by atoms with Crippen molar-refractivity contribution < 1.29 is 24.2 Å². The molecule has 4 rings (SSSR count). The Morgan fingerprint density at radius 3 is 1.87 bits per heavy atom. The predicted octanol–water partition coefficient (Wildman–Crippen LogP) is 3.01. The van der Waals surface area contributed by atoms with Gasteiger partial charge < -0.3 is 20.5 Å². The Kier molecular flexibility index (Phi) is 5.58. The number of carbonyl (C=O) groups excluding carboxylic acids is 2. The highest BCUT2D eigenvalue weighted by Gasteiger charge is 2.40. The lowest BCUT2D eigenvalue weighted by molar-refractivity contribution is -0.137. The van der Waals surface area contributed by atoms with Gasteiger partial charge in [0.15, 0.2) is 0 Å². The van der Waals surface area contributed by atoms with Crippen molar-refractivity contribution in [2.24, 2.45) is 0 Å². The minimum absolute atomic E-state index is 0.126. The smallest absolute Gasteiger partial charge is 0.303 e. The molecular formula is C24H22N2O5. The molecule has 7 heteroatoms. The maximum atomic E-state index is 12.7. The van der Waals surface area contributed by atoms with Crippen LogP contribution in [-0.2, 0) is 14.4 Å². The zero-order valence-corrected chi connectivity index (χ0v) is 17.0. The zero-order chi connectivity index (χ0) is 22.0. The van der Waals surface area contributed by atoms with Crippen LogP contribution in [0.2, 0.25) is 0 Å². The number of aliphatic carboxylic acids is 1. The highest BCUT2D eigenvalue weighted by Crippen LogP contribution is 2.37. The lowest BCUT2D eigenvalue weighted by atomic mass is 10.0. The van der Waals surface area contributed by atoms with Crippen molar-refractivity contribution in [3.63, 3.8) is 0 Å². The molecule has 0 aliphatic carbocycles. The zero-order valence-electron chi connectivity index (χ0n) is 17.0. The molecule has 2 heterocycles. The number of ether oxygens (including phenoxy) is 1. The summed E-state index contributed by atoms with van der Waals surface area (Å²) < 4.78 is 5.63. The Hall–Kier alpha value is -3.87. The van der Waals surface area contributed by atoms with Gasteiger partial charge in [0.05, 0.1) is 29.1 Å². The molecule has 2 amide bonds. The second-order valence-electron chi connectivity index (χ2n) is 7.50. The summed E-state index contributed by atoms with van der Waals surface area (Å²) in [5.41, 5.74) is 4.30. The van der Waals surface area contributed by atoms with Crippen molar-refractivity contribution in [2.45, 2.75) is 26.2 Å². The van der Waals surface area contributed by atoms with Gasteiger partial charge in [-0.25, -0.2) is 0 Å². The van der Waals surface area contributed by atoms with Crippen LogP contribution in [-0.4, -0.2) is 29.5 Å². The average molecular weight is 418 g/mol. The number of carbonyl (C=O) groups is 3. The lowest BCUT2D eigenvalue weighted by Crippen LogP contribution is -2.21. The maximum absolute atomic E-state index is 12.7. The number of benzene rings is 2. The van der Waals surface area contributed by atoms with Crippen LogP contribution >= 0.6 is 0 Å². The van der Waals surface area contributed by atoms with Gasteiger partial charge in [-0.05, 0) is 55.2 Å². The van der Waals surface area contributed by atoms with E-state index in [1.54, 1.807) is 24.3 Å². The molecule has 0 radical (unpaired) electrons. The topological polar surface area (TPSA) is 105 Å². The highest BCUT2D eigenvalue weighted by atomic mass is 16.5. The molecule has 31 heavy (non-hydrogen) atoms. The molecule has 7 nitrogen and oxygen atoms in total. The number of carboxylic acids is 1. The molecule has 158 valence electrons. The first kappa shape index (κ1) is 20.4. The number of nitrogens with one attached hydrogen (secondary N) is 2. The summed E-state index contributed by atoms with van der Waals surface area (Å²) in [7, 11) is 0. The summed E-state index contributed by atoms with van der Waals surface area (Å²) >= 11 is 0. The van der Waals surface area contributed by atoms with Gasteiger partial charge in [0.2, 0.25) is 0 Å². The van der Waals surface area contributed by atoms with Crippen LogP contribution < -0.4 is 15.4 Å². The van der Waals surface area contributed by atoms with E-state index in [1.165, 1.54) is 0 Å². The second kappa shape index (κ2) is 8.47. The molecule has 2 aliphatic heterocycles. The van der Waals surface area contributed by atoms with Gasteiger partial charge >= 0.3 is 5.97 Å². The number of hydrogen-bond donors (Lipinski definition) is 3. The van der Waals surface area contributed by atoms with Gasteiger partial charge in [0.25, 0.3) is 11.8 Å². The van der Waals surface area contributed by atoms with E-state index in [2.05, 4.69) is 10.6 Å². The third-order valence-electron chi connectivity index (χ3n) is 5.22. The summed E-state index contributed by atoms with van der Waals surface area (Å²) in [6.45, 7) is 2.40. The van der Waals surface area contributed by atoms with Crippen molar-refractivity contribution in [3.8, 4) is 5.75 Å². The number of aryl methyl sites for hydroxylation is 1. The quantitative estimate of drug-likeness (QED) is 0.572. The van der Waals surface area contributed by atoms with Crippen molar-refractivity contribution in [2.75, 3.05) is 6.61 Å². The third kappa shape index (κ3) is 4.21. The summed E-state index contributed by atoms with van der Waals surface area (Å²) in [5, 5.41) is 14.3. The van der Waals surface area contributed by atoms with Gasteiger partial charge in [-0.15, -0.1) is 0 Å². The molecule has 2 aliphatic rings. The second-order valence-corrected chi connectivity index (χ2v) is 7.50. The van der Waals surface area contributed by atoms with E-state index in [-0.39, 0.29) is 18.2 Å². The van der Waals surface area contributed by atoms with Crippen LogP contribution in [0, 0.1) is 6.92 Å². The Morgan fingerprint density at radius 2 is 1.35 bits per heavy atom. The van der Waals surface area contributed by atoms with Crippen LogP contribution in [0.4, 0.5) is 0 Å². The third-order valence-corrected chi connectivity index (χ3v) is 5.22. The van der Waals surface area contributed by atoms with Gasteiger partial charge in [-0.1, -0.05) is 29.8 Å². The van der Waals surface area contributed by atoms with Crippen molar-refractivity contribution in [1.29, 1.82) is 0 Å². The summed E-state index contributed by atoms with van der Waals surface area (Å²) in [6.07, 6.45) is 1.33. The van der Waals surface area contributed by atoms with Crippen molar-refractivity contribution in [3.05, 3.63) is 76.4 Å². The molecule has 2 aromatic rings. The molecule has 0 saturated carbocycles. The number of hydrogen-bond acceptors (Lipinski definition) is 4. The van der Waals surface area contributed by atoms with Crippen LogP contribution in [0.25, 0.3) is 11.4 Å². The van der Waals surface area contributed by atoms with E-state index in [1.807, 2.05) is 31.2 Å². The fourth-order valence-electron chi connectivity index (χ4n) is 3.62. The molecule has 3 N–H and O–H groups in total. The number of rotatable bonds is 8. The van der Waals surface area contributed by atoms with E-state index in [4.69, 9.17) is 9.84 Å². The van der Waals surface area contributed by atoms with Crippen LogP contribution in [0.1, 0.15) is 36.0 Å². The molecule has 0 fully saturated rings. The summed E-state index contributed by atoms with van der Waals surface area (Å²) in [4.78, 5) is 35.9. The minimum atomic E-state index is -0.813. The normalized spacial score (nSPS) is 15.1. The SMILES string of the molecule is Cc1ccc(C2=C3C(=O)NC(c4ccc(OCCCCC(=O)O)cc4)=C3C(=O)N2)cc1. The van der Waals surface area contributed by atoms with Gasteiger partial charge in [0.1, 0.15) is 5.75 Å². The van der Waals surface area contributed by atoms with Gasteiger partial charge in [-0.3, -0.25) is 14.4 Å². The number of carboxylic acid groups (broad SMARTS) is 1. The first-order chi connectivity index (χ1) is 14.9. The molecule has 0 spiro atoms. The van der Waals surface area contributed by atoms with Crippen LogP contribution in [0.15, 0.2) is 59.7 Å². The lowest BCUT2D eigenvalue weighted by Gasteiger charge is -2.09. The molecule has 0 atom stereocenters. The molecule has 2 aromatic carbocycles.